The zero-order chi connectivity index (χ0) is 13.8. The lowest BCUT2D eigenvalue weighted by Crippen LogP contribution is -2.33. The van der Waals surface area contributed by atoms with Crippen LogP contribution >= 0.6 is 0 Å². The van der Waals surface area contributed by atoms with Crippen LogP contribution in [0.2, 0.25) is 0 Å². The molecule has 0 saturated carbocycles. The molecule has 0 radical (unpaired) electrons. The number of amides is 1. The number of carboxylic acids is 1. The summed E-state index contributed by atoms with van der Waals surface area (Å²) in [5.41, 5.74) is 0.943. The second kappa shape index (κ2) is 5.40. The molecular formula is C13H13N3O3. The third-order valence-electron chi connectivity index (χ3n) is 2.97. The van der Waals surface area contributed by atoms with Crippen molar-refractivity contribution in [2.75, 3.05) is 24.5 Å². The van der Waals surface area contributed by atoms with Crippen LogP contribution in [0.25, 0.3) is 0 Å². The molecule has 0 aromatic heterocycles. The SMILES string of the molecule is N#Cc1cc(C(=O)O)ccc1N1CCCNC(=O)C1. The van der Waals surface area contributed by atoms with Gasteiger partial charge < -0.3 is 15.3 Å². The van der Waals surface area contributed by atoms with Crippen LogP contribution in [0.3, 0.4) is 0 Å². The lowest BCUT2D eigenvalue weighted by Gasteiger charge is -2.22. The fourth-order valence-corrected chi connectivity index (χ4v) is 2.05. The minimum Gasteiger partial charge on any atom is -0.478 e. The molecule has 1 heterocycles. The van der Waals surface area contributed by atoms with Crippen molar-refractivity contribution in [3.05, 3.63) is 29.3 Å². The molecule has 1 fully saturated rings. The Labute approximate surface area is 110 Å². The van der Waals surface area contributed by atoms with E-state index in [0.29, 0.717) is 18.8 Å². The summed E-state index contributed by atoms with van der Waals surface area (Å²) in [5.74, 6) is -1.17. The Balaban J connectivity index is 2.36. The van der Waals surface area contributed by atoms with Crippen molar-refractivity contribution in [2.24, 2.45) is 0 Å². The Morgan fingerprint density at radius 2 is 2.26 bits per heavy atom. The van der Waals surface area contributed by atoms with Crippen molar-refractivity contribution in [2.45, 2.75) is 6.42 Å². The Bertz CT molecular complexity index is 563. The van der Waals surface area contributed by atoms with E-state index in [-0.39, 0.29) is 23.6 Å². The first-order valence-electron chi connectivity index (χ1n) is 5.91. The molecule has 1 aromatic carbocycles. The highest BCUT2D eigenvalue weighted by Gasteiger charge is 2.18. The lowest BCUT2D eigenvalue weighted by atomic mass is 10.1. The van der Waals surface area contributed by atoms with Crippen LogP contribution < -0.4 is 10.2 Å². The zero-order valence-corrected chi connectivity index (χ0v) is 10.2. The molecule has 0 aliphatic carbocycles. The normalized spacial score (nSPS) is 15.3. The number of aromatic carboxylic acids is 1. The molecular weight excluding hydrogens is 246 g/mol. The van der Waals surface area contributed by atoms with Gasteiger partial charge in [0.05, 0.1) is 23.4 Å². The van der Waals surface area contributed by atoms with Crippen LogP contribution in [-0.2, 0) is 4.79 Å². The summed E-state index contributed by atoms with van der Waals surface area (Å²) in [7, 11) is 0. The van der Waals surface area contributed by atoms with E-state index >= 15 is 0 Å². The van der Waals surface area contributed by atoms with Crippen molar-refractivity contribution < 1.29 is 14.7 Å². The molecule has 1 saturated heterocycles. The third kappa shape index (κ3) is 2.83. The third-order valence-corrected chi connectivity index (χ3v) is 2.97. The second-order valence-electron chi connectivity index (χ2n) is 4.27. The Morgan fingerprint density at radius 1 is 1.47 bits per heavy atom. The maximum atomic E-state index is 11.5. The number of benzene rings is 1. The predicted octanol–water partition coefficient (Wildman–Crippen LogP) is 0.583. The number of anilines is 1. The average molecular weight is 259 g/mol. The Hall–Kier alpha value is -2.55. The molecule has 6 nitrogen and oxygen atoms in total. The second-order valence-corrected chi connectivity index (χ2v) is 4.27. The monoisotopic (exact) mass is 259 g/mol. The summed E-state index contributed by atoms with van der Waals surface area (Å²) in [6.45, 7) is 1.45. The minimum atomic E-state index is -1.07. The van der Waals surface area contributed by atoms with Crippen molar-refractivity contribution in [3.8, 4) is 6.07 Å². The van der Waals surface area contributed by atoms with Gasteiger partial charge in [-0.25, -0.2) is 4.79 Å². The van der Waals surface area contributed by atoms with Crippen molar-refractivity contribution >= 4 is 17.6 Å². The number of nitrogens with one attached hydrogen (secondary N) is 1. The topological polar surface area (TPSA) is 93.4 Å². The van der Waals surface area contributed by atoms with Crippen LogP contribution in [0.15, 0.2) is 18.2 Å². The number of carbonyl (C=O) groups excluding carboxylic acids is 1. The molecule has 0 bridgehead atoms. The Morgan fingerprint density at radius 3 is 2.95 bits per heavy atom. The summed E-state index contributed by atoms with van der Waals surface area (Å²) < 4.78 is 0. The first kappa shape index (κ1) is 12.9. The van der Waals surface area contributed by atoms with Crippen LogP contribution in [0.1, 0.15) is 22.3 Å². The molecule has 1 amide bonds. The molecule has 0 atom stereocenters. The zero-order valence-electron chi connectivity index (χ0n) is 10.2. The Kier molecular flexibility index (Phi) is 3.66. The first-order valence-corrected chi connectivity index (χ1v) is 5.91. The van der Waals surface area contributed by atoms with Gasteiger partial charge in [-0.3, -0.25) is 4.79 Å². The summed E-state index contributed by atoms with van der Waals surface area (Å²) >= 11 is 0. The highest BCUT2D eigenvalue weighted by atomic mass is 16.4. The van der Waals surface area contributed by atoms with Crippen LogP contribution in [0, 0.1) is 11.3 Å². The van der Waals surface area contributed by atoms with E-state index in [9.17, 15) is 9.59 Å². The van der Waals surface area contributed by atoms with E-state index in [4.69, 9.17) is 10.4 Å². The summed E-state index contributed by atoms with van der Waals surface area (Å²) in [6, 6.07) is 6.35. The van der Waals surface area contributed by atoms with Gasteiger partial charge in [-0.2, -0.15) is 5.26 Å². The minimum absolute atomic E-state index is 0.0690. The summed E-state index contributed by atoms with van der Waals surface area (Å²) in [4.78, 5) is 24.2. The number of nitrogens with zero attached hydrogens (tertiary/aromatic N) is 2. The van der Waals surface area contributed by atoms with Gasteiger partial charge in [-0.15, -0.1) is 0 Å². The number of carbonyl (C=O) groups is 2. The van der Waals surface area contributed by atoms with E-state index in [2.05, 4.69) is 5.32 Å². The highest BCUT2D eigenvalue weighted by molar-refractivity contribution is 5.89. The van der Waals surface area contributed by atoms with Gasteiger partial charge in [0.15, 0.2) is 0 Å². The van der Waals surface area contributed by atoms with Gasteiger partial charge >= 0.3 is 5.97 Å². The molecule has 1 aromatic rings. The van der Waals surface area contributed by atoms with Crippen LogP contribution in [0.5, 0.6) is 0 Å². The van der Waals surface area contributed by atoms with E-state index in [1.165, 1.54) is 12.1 Å². The van der Waals surface area contributed by atoms with Gasteiger partial charge in [0.1, 0.15) is 6.07 Å². The van der Waals surface area contributed by atoms with Gasteiger partial charge in [-0.05, 0) is 24.6 Å². The van der Waals surface area contributed by atoms with Crippen LogP contribution in [-0.4, -0.2) is 36.6 Å². The molecule has 6 heteroatoms. The van der Waals surface area contributed by atoms with Gasteiger partial charge in [0.25, 0.3) is 0 Å². The first-order chi connectivity index (χ1) is 9.11. The molecule has 98 valence electrons. The standard InChI is InChI=1S/C13H13N3O3/c14-7-10-6-9(13(18)19)2-3-11(10)16-5-1-4-15-12(17)8-16/h2-3,6H,1,4-5,8H2,(H,15,17)(H,18,19). The van der Waals surface area contributed by atoms with Crippen molar-refractivity contribution in [1.29, 1.82) is 5.26 Å². The quantitative estimate of drug-likeness (QED) is 0.810. The summed E-state index contributed by atoms with van der Waals surface area (Å²) in [6.07, 6.45) is 0.789. The average Bonchev–Trinajstić information content (AvgIpc) is 2.62. The van der Waals surface area contributed by atoms with Crippen molar-refractivity contribution in [1.82, 2.24) is 5.32 Å². The number of carboxylic acid groups (broad SMARTS) is 1. The molecule has 19 heavy (non-hydrogen) atoms. The van der Waals surface area contributed by atoms with E-state index in [1.54, 1.807) is 11.0 Å². The molecule has 0 unspecified atom stereocenters. The lowest BCUT2D eigenvalue weighted by molar-refractivity contribution is -0.119. The van der Waals surface area contributed by atoms with E-state index in [1.807, 2.05) is 6.07 Å². The fraction of sp³-hybridized carbons (Fsp3) is 0.308. The maximum Gasteiger partial charge on any atom is 0.335 e. The van der Waals surface area contributed by atoms with E-state index in [0.717, 1.165) is 6.42 Å². The van der Waals surface area contributed by atoms with Gasteiger partial charge in [-0.1, -0.05) is 0 Å². The highest BCUT2D eigenvalue weighted by Crippen LogP contribution is 2.22. The molecule has 1 aliphatic heterocycles. The number of hydrogen-bond acceptors (Lipinski definition) is 4. The fourth-order valence-electron chi connectivity index (χ4n) is 2.05. The molecule has 1 aliphatic rings. The smallest absolute Gasteiger partial charge is 0.335 e. The molecule has 0 spiro atoms. The number of nitriles is 1. The number of rotatable bonds is 2. The predicted molar refractivity (Wildman–Crippen MR) is 68.0 cm³/mol. The largest absolute Gasteiger partial charge is 0.478 e. The molecule has 2 N–H and O–H groups in total. The molecule has 2 rings (SSSR count). The number of hydrogen-bond donors (Lipinski definition) is 2. The van der Waals surface area contributed by atoms with Gasteiger partial charge in [0, 0.05) is 13.1 Å². The summed E-state index contributed by atoms with van der Waals surface area (Å²) in [5, 5.41) is 20.8. The van der Waals surface area contributed by atoms with Crippen LogP contribution in [0.4, 0.5) is 5.69 Å². The van der Waals surface area contributed by atoms with E-state index < -0.39 is 5.97 Å². The maximum absolute atomic E-state index is 11.5. The van der Waals surface area contributed by atoms with Crippen molar-refractivity contribution in [3.63, 3.8) is 0 Å². The van der Waals surface area contributed by atoms with Gasteiger partial charge in [0.2, 0.25) is 5.91 Å².